The Bertz CT molecular complexity index is 903. The van der Waals surface area contributed by atoms with Crippen molar-refractivity contribution < 1.29 is 22.7 Å². The van der Waals surface area contributed by atoms with E-state index in [1.165, 1.54) is 6.07 Å². The number of primary amides is 1. The summed E-state index contributed by atoms with van der Waals surface area (Å²) in [6.45, 7) is -1.44. The number of rotatable bonds is 4. The quantitative estimate of drug-likeness (QED) is 0.797. The number of ether oxygens (including phenoxy) is 1. The Balaban J connectivity index is 2.17. The minimum atomic E-state index is -4.47. The molecule has 0 radical (unpaired) electrons. The first-order chi connectivity index (χ1) is 11.4. The average Bonchev–Trinajstić information content (AvgIpc) is 2.92. The molecular formula is C16H12F3N3O2. The molecule has 3 rings (SSSR count). The van der Waals surface area contributed by atoms with Crippen molar-refractivity contribution in [2.24, 2.45) is 5.73 Å². The molecule has 1 aromatic carbocycles. The predicted octanol–water partition coefficient (Wildman–Crippen LogP) is 3.04. The molecule has 24 heavy (non-hydrogen) atoms. The molecule has 8 heteroatoms. The van der Waals surface area contributed by atoms with Gasteiger partial charge in [-0.25, -0.2) is 4.98 Å². The second kappa shape index (κ2) is 5.88. The third-order valence-corrected chi connectivity index (χ3v) is 3.30. The van der Waals surface area contributed by atoms with E-state index in [0.717, 1.165) is 0 Å². The van der Waals surface area contributed by atoms with Gasteiger partial charge < -0.3 is 10.5 Å². The molecule has 0 atom stereocenters. The number of hydrogen-bond donors (Lipinski definition) is 1. The summed E-state index contributed by atoms with van der Waals surface area (Å²) in [5.74, 6) is -0.790. The normalized spacial score (nSPS) is 11.6. The Hall–Kier alpha value is -3.03. The van der Waals surface area contributed by atoms with Gasteiger partial charge in [-0.1, -0.05) is 18.2 Å². The number of alkyl halides is 3. The molecule has 2 aromatic heterocycles. The first-order valence-electron chi connectivity index (χ1n) is 6.92. The van der Waals surface area contributed by atoms with Gasteiger partial charge in [0.2, 0.25) is 0 Å². The van der Waals surface area contributed by atoms with Gasteiger partial charge in [-0.15, -0.1) is 0 Å². The molecular weight excluding hydrogens is 323 g/mol. The Morgan fingerprint density at radius 3 is 2.58 bits per heavy atom. The molecule has 0 spiro atoms. The van der Waals surface area contributed by atoms with Gasteiger partial charge in [0.25, 0.3) is 5.91 Å². The van der Waals surface area contributed by atoms with Crippen LogP contribution in [0.4, 0.5) is 13.2 Å². The topological polar surface area (TPSA) is 69.6 Å². The van der Waals surface area contributed by atoms with E-state index < -0.39 is 18.7 Å². The summed E-state index contributed by atoms with van der Waals surface area (Å²) >= 11 is 0. The number of amides is 1. The molecule has 2 heterocycles. The monoisotopic (exact) mass is 335 g/mol. The average molecular weight is 335 g/mol. The minimum absolute atomic E-state index is 0.0111. The molecule has 0 saturated carbocycles. The summed E-state index contributed by atoms with van der Waals surface area (Å²) in [5.41, 5.74) is 6.37. The third kappa shape index (κ3) is 3.03. The number of para-hydroxylation sites is 1. The lowest BCUT2D eigenvalue weighted by Crippen LogP contribution is -2.19. The lowest BCUT2D eigenvalue weighted by molar-refractivity contribution is -0.153. The fraction of sp³-hybridized carbons (Fsp3) is 0.125. The second-order valence-corrected chi connectivity index (χ2v) is 5.00. The van der Waals surface area contributed by atoms with E-state index in [-0.39, 0.29) is 17.1 Å². The smallest absolute Gasteiger partial charge is 0.422 e. The highest BCUT2D eigenvalue weighted by molar-refractivity contribution is 5.99. The number of nitrogens with zero attached hydrogens (tertiary/aromatic N) is 2. The molecule has 1 amide bonds. The van der Waals surface area contributed by atoms with Gasteiger partial charge in [-0.2, -0.15) is 13.2 Å². The summed E-state index contributed by atoms with van der Waals surface area (Å²) < 4.78 is 43.8. The molecule has 0 aliphatic rings. The van der Waals surface area contributed by atoms with Crippen LogP contribution in [0.3, 0.4) is 0 Å². The number of halogens is 3. The highest BCUT2D eigenvalue weighted by Gasteiger charge is 2.29. The van der Waals surface area contributed by atoms with Crippen molar-refractivity contribution in [3.05, 3.63) is 54.4 Å². The van der Waals surface area contributed by atoms with Crippen LogP contribution in [-0.4, -0.2) is 28.1 Å². The zero-order valence-electron chi connectivity index (χ0n) is 12.2. The molecule has 0 bridgehead atoms. The van der Waals surface area contributed by atoms with Gasteiger partial charge in [0.05, 0.1) is 5.69 Å². The van der Waals surface area contributed by atoms with Crippen LogP contribution in [-0.2, 0) is 0 Å². The largest absolute Gasteiger partial charge is 0.483 e. The molecule has 3 aromatic rings. The van der Waals surface area contributed by atoms with Crippen molar-refractivity contribution in [3.8, 4) is 17.0 Å². The van der Waals surface area contributed by atoms with Crippen LogP contribution in [0, 0.1) is 0 Å². The van der Waals surface area contributed by atoms with Crippen LogP contribution in [0.25, 0.3) is 16.9 Å². The Morgan fingerprint density at radius 1 is 1.17 bits per heavy atom. The summed E-state index contributed by atoms with van der Waals surface area (Å²) in [5, 5.41) is 0. The van der Waals surface area contributed by atoms with Crippen molar-refractivity contribution in [2.45, 2.75) is 6.18 Å². The van der Waals surface area contributed by atoms with Gasteiger partial charge in [-0.3, -0.25) is 9.20 Å². The number of carbonyl (C=O) groups excluding carboxylic acids is 1. The molecule has 2 N–H and O–H groups in total. The molecule has 0 aliphatic carbocycles. The maximum atomic E-state index is 12.5. The second-order valence-electron chi connectivity index (χ2n) is 5.00. The van der Waals surface area contributed by atoms with Gasteiger partial charge >= 0.3 is 6.18 Å². The van der Waals surface area contributed by atoms with Crippen LogP contribution >= 0.6 is 0 Å². The number of aromatic nitrogens is 2. The Kier molecular flexibility index (Phi) is 3.88. The zero-order chi connectivity index (χ0) is 17.3. The first-order valence-corrected chi connectivity index (χ1v) is 6.92. The van der Waals surface area contributed by atoms with E-state index >= 15 is 0 Å². The van der Waals surface area contributed by atoms with Crippen molar-refractivity contribution in [2.75, 3.05) is 6.61 Å². The van der Waals surface area contributed by atoms with Gasteiger partial charge in [-0.05, 0) is 24.3 Å². The SMILES string of the molecule is NC(=O)c1nc2ccccn2c1-c1ccccc1OCC(F)(F)F. The van der Waals surface area contributed by atoms with Crippen molar-refractivity contribution in [1.82, 2.24) is 9.38 Å². The lowest BCUT2D eigenvalue weighted by atomic mass is 10.1. The van der Waals surface area contributed by atoms with Crippen LogP contribution in [0.15, 0.2) is 48.7 Å². The number of fused-ring (bicyclic) bond motifs is 1. The fourth-order valence-corrected chi connectivity index (χ4v) is 2.37. The third-order valence-electron chi connectivity index (χ3n) is 3.30. The molecule has 0 aliphatic heterocycles. The maximum absolute atomic E-state index is 12.5. The zero-order valence-corrected chi connectivity index (χ0v) is 12.2. The molecule has 0 unspecified atom stereocenters. The lowest BCUT2D eigenvalue weighted by Gasteiger charge is -2.13. The summed E-state index contributed by atoms with van der Waals surface area (Å²) in [4.78, 5) is 15.9. The van der Waals surface area contributed by atoms with Crippen molar-refractivity contribution >= 4 is 11.6 Å². The van der Waals surface area contributed by atoms with E-state index in [4.69, 9.17) is 10.5 Å². The molecule has 0 fully saturated rings. The van der Waals surface area contributed by atoms with E-state index in [0.29, 0.717) is 11.2 Å². The number of hydrogen-bond acceptors (Lipinski definition) is 3. The van der Waals surface area contributed by atoms with E-state index in [1.807, 2.05) is 0 Å². The number of pyridine rings is 1. The summed E-state index contributed by atoms with van der Waals surface area (Å²) in [6.07, 6.45) is -2.83. The van der Waals surface area contributed by atoms with E-state index in [2.05, 4.69) is 4.98 Å². The van der Waals surface area contributed by atoms with Gasteiger partial charge in [0, 0.05) is 11.8 Å². The number of nitrogens with two attached hydrogens (primary N) is 1. The molecule has 5 nitrogen and oxygen atoms in total. The first kappa shape index (κ1) is 15.9. The van der Waals surface area contributed by atoms with Crippen molar-refractivity contribution in [3.63, 3.8) is 0 Å². The number of carbonyl (C=O) groups is 1. The number of imidazole rings is 1. The minimum Gasteiger partial charge on any atom is -0.483 e. The van der Waals surface area contributed by atoms with Crippen LogP contribution in [0.5, 0.6) is 5.75 Å². The fourth-order valence-electron chi connectivity index (χ4n) is 2.37. The highest BCUT2D eigenvalue weighted by Crippen LogP contribution is 2.33. The van der Waals surface area contributed by atoms with Crippen LogP contribution < -0.4 is 10.5 Å². The molecule has 0 saturated heterocycles. The summed E-state index contributed by atoms with van der Waals surface area (Å²) in [7, 11) is 0. The standard InChI is InChI=1S/C16H12F3N3O2/c17-16(18,19)9-24-11-6-2-1-5-10(11)14-13(15(20)23)21-12-7-3-4-8-22(12)14/h1-8H,9H2,(H2,20,23). The van der Waals surface area contributed by atoms with Gasteiger partial charge in [0.15, 0.2) is 12.3 Å². The Morgan fingerprint density at radius 2 is 1.88 bits per heavy atom. The predicted molar refractivity (Wildman–Crippen MR) is 80.7 cm³/mol. The maximum Gasteiger partial charge on any atom is 0.422 e. The van der Waals surface area contributed by atoms with Crippen molar-refractivity contribution in [1.29, 1.82) is 0 Å². The summed E-state index contributed by atoms with van der Waals surface area (Å²) in [6, 6.07) is 11.2. The Labute approximate surface area is 134 Å². The van der Waals surface area contributed by atoms with Gasteiger partial charge in [0.1, 0.15) is 11.4 Å². The van der Waals surface area contributed by atoms with Crippen LogP contribution in [0.1, 0.15) is 10.5 Å². The number of benzene rings is 1. The van der Waals surface area contributed by atoms with E-state index in [9.17, 15) is 18.0 Å². The van der Waals surface area contributed by atoms with Crippen LogP contribution in [0.2, 0.25) is 0 Å². The van der Waals surface area contributed by atoms with E-state index in [1.54, 1.807) is 47.0 Å². The molecule has 124 valence electrons. The highest BCUT2D eigenvalue weighted by atomic mass is 19.4.